The lowest BCUT2D eigenvalue weighted by molar-refractivity contribution is -0.192. The molecule has 4 heterocycles. The van der Waals surface area contributed by atoms with Crippen LogP contribution >= 0.6 is 0 Å². The highest BCUT2D eigenvalue weighted by atomic mass is 19.4. The number of aliphatic carboxylic acids is 1. The van der Waals surface area contributed by atoms with E-state index in [1.807, 2.05) is 18.3 Å². The zero-order valence-corrected chi connectivity index (χ0v) is 15.4. The number of carboxylic acids is 1. The highest BCUT2D eigenvalue weighted by Gasteiger charge is 2.42. The number of benzene rings is 1. The van der Waals surface area contributed by atoms with E-state index in [4.69, 9.17) is 15.0 Å². The topological polar surface area (TPSA) is 80.0 Å². The maximum absolute atomic E-state index is 10.6. The molecule has 29 heavy (non-hydrogen) atoms. The number of hydrogen-bond acceptors (Lipinski definition) is 4. The standard InChI is InChI=1S/C18H18N4.C2HF3O2/c1-2-4-15-13(3-1)9-14(11-20-15)16-10-17-18(5-7-19-12-18)6-8-22(17)21-16;3-2(4,5)1(6)7/h1-4,9-11,19H,5-8,12H2;(H,6,7). The van der Waals surface area contributed by atoms with Crippen LogP contribution in [0.2, 0.25) is 0 Å². The highest BCUT2D eigenvalue weighted by molar-refractivity contribution is 5.82. The van der Waals surface area contributed by atoms with Crippen molar-refractivity contribution in [2.45, 2.75) is 31.0 Å². The Hall–Kier alpha value is -2.94. The molecule has 2 aromatic heterocycles. The molecule has 2 aliphatic rings. The largest absolute Gasteiger partial charge is 0.490 e. The number of pyridine rings is 1. The molecule has 0 amide bonds. The lowest BCUT2D eigenvalue weighted by Crippen LogP contribution is -2.25. The van der Waals surface area contributed by atoms with Gasteiger partial charge in [-0.2, -0.15) is 18.3 Å². The van der Waals surface area contributed by atoms with Gasteiger partial charge in [0.05, 0.1) is 11.2 Å². The Balaban J connectivity index is 0.000000255. The van der Waals surface area contributed by atoms with Gasteiger partial charge < -0.3 is 10.4 Å². The molecule has 2 N–H and O–H groups in total. The van der Waals surface area contributed by atoms with Crippen LogP contribution < -0.4 is 5.32 Å². The minimum atomic E-state index is -5.08. The van der Waals surface area contributed by atoms with Gasteiger partial charge in [0.25, 0.3) is 0 Å². The van der Waals surface area contributed by atoms with Gasteiger partial charge in [-0.1, -0.05) is 18.2 Å². The van der Waals surface area contributed by atoms with Gasteiger partial charge >= 0.3 is 12.1 Å². The van der Waals surface area contributed by atoms with E-state index in [-0.39, 0.29) is 0 Å². The second-order valence-corrected chi connectivity index (χ2v) is 7.31. The van der Waals surface area contributed by atoms with Gasteiger partial charge in [-0.3, -0.25) is 9.67 Å². The van der Waals surface area contributed by atoms with Crippen LogP contribution in [-0.2, 0) is 16.8 Å². The van der Waals surface area contributed by atoms with Crippen molar-refractivity contribution in [3.8, 4) is 11.3 Å². The van der Waals surface area contributed by atoms with E-state index in [2.05, 4.69) is 39.2 Å². The van der Waals surface area contributed by atoms with Crippen LogP contribution in [0, 0.1) is 0 Å². The lowest BCUT2D eigenvalue weighted by Gasteiger charge is -2.20. The van der Waals surface area contributed by atoms with E-state index in [0.717, 1.165) is 36.4 Å². The number of hydrogen-bond donors (Lipinski definition) is 2. The number of fused-ring (bicyclic) bond motifs is 3. The van der Waals surface area contributed by atoms with E-state index in [9.17, 15) is 13.2 Å². The summed E-state index contributed by atoms with van der Waals surface area (Å²) in [6.07, 6.45) is -0.688. The Morgan fingerprint density at radius 3 is 2.66 bits per heavy atom. The third-order valence-corrected chi connectivity index (χ3v) is 5.50. The molecule has 1 unspecified atom stereocenters. The summed E-state index contributed by atoms with van der Waals surface area (Å²) in [7, 11) is 0. The Labute approximate surface area is 164 Å². The van der Waals surface area contributed by atoms with Crippen LogP contribution in [0.3, 0.4) is 0 Å². The zero-order valence-electron chi connectivity index (χ0n) is 15.4. The highest BCUT2D eigenvalue weighted by Crippen LogP contribution is 2.41. The molecule has 9 heteroatoms. The summed E-state index contributed by atoms with van der Waals surface area (Å²) in [5.41, 5.74) is 4.92. The molecule has 1 atom stereocenters. The first kappa shape index (κ1) is 19.4. The maximum Gasteiger partial charge on any atom is 0.490 e. The fourth-order valence-electron chi connectivity index (χ4n) is 3.99. The SMILES string of the molecule is O=C(O)C(F)(F)F.c1ccc2ncc(-c3cc4n(n3)CCC43CCNC3)cc2c1. The molecule has 5 rings (SSSR count). The third-order valence-electron chi connectivity index (χ3n) is 5.50. The molecule has 0 aliphatic carbocycles. The smallest absolute Gasteiger partial charge is 0.475 e. The predicted octanol–water partition coefficient (Wildman–Crippen LogP) is 3.37. The van der Waals surface area contributed by atoms with Gasteiger partial charge in [0, 0.05) is 41.3 Å². The predicted molar refractivity (Wildman–Crippen MR) is 100 cm³/mol. The lowest BCUT2D eigenvalue weighted by atomic mass is 9.82. The van der Waals surface area contributed by atoms with Crippen molar-refractivity contribution >= 4 is 16.9 Å². The Morgan fingerprint density at radius 2 is 1.97 bits per heavy atom. The molecular formula is C20H19F3N4O2. The minimum Gasteiger partial charge on any atom is -0.475 e. The monoisotopic (exact) mass is 404 g/mol. The minimum absolute atomic E-state index is 0.315. The molecule has 1 spiro atoms. The number of rotatable bonds is 1. The zero-order chi connectivity index (χ0) is 20.6. The van der Waals surface area contributed by atoms with E-state index in [1.54, 1.807) is 0 Å². The average molecular weight is 404 g/mol. The summed E-state index contributed by atoms with van der Waals surface area (Å²) in [5.74, 6) is -2.76. The maximum atomic E-state index is 10.6. The van der Waals surface area contributed by atoms with Crippen LogP contribution in [0.15, 0.2) is 42.6 Å². The van der Waals surface area contributed by atoms with Crippen LogP contribution in [-0.4, -0.2) is 45.1 Å². The Kier molecular flexibility index (Phi) is 4.77. The number of nitrogens with one attached hydrogen (secondary N) is 1. The number of alkyl halides is 3. The summed E-state index contributed by atoms with van der Waals surface area (Å²) >= 11 is 0. The van der Waals surface area contributed by atoms with Crippen LogP contribution in [0.1, 0.15) is 18.5 Å². The first-order chi connectivity index (χ1) is 13.8. The summed E-state index contributed by atoms with van der Waals surface area (Å²) in [6.45, 7) is 3.25. The van der Waals surface area contributed by atoms with Gasteiger partial charge in [-0.25, -0.2) is 4.79 Å². The van der Waals surface area contributed by atoms with E-state index in [0.29, 0.717) is 5.41 Å². The Morgan fingerprint density at radius 1 is 1.21 bits per heavy atom. The second-order valence-electron chi connectivity index (χ2n) is 7.31. The second kappa shape index (κ2) is 7.14. The normalized spacial score (nSPS) is 20.5. The molecule has 152 valence electrons. The molecule has 1 fully saturated rings. The van der Waals surface area contributed by atoms with Crippen molar-refractivity contribution in [1.82, 2.24) is 20.1 Å². The quantitative estimate of drug-likeness (QED) is 0.650. The van der Waals surface area contributed by atoms with Crippen molar-refractivity contribution < 1.29 is 23.1 Å². The number of carboxylic acid groups (broad SMARTS) is 1. The number of nitrogens with zero attached hydrogens (tertiary/aromatic N) is 3. The number of carbonyl (C=O) groups is 1. The van der Waals surface area contributed by atoms with E-state index >= 15 is 0 Å². The average Bonchev–Trinajstić information content (AvgIpc) is 3.40. The van der Waals surface area contributed by atoms with Crippen molar-refractivity contribution in [1.29, 1.82) is 0 Å². The van der Waals surface area contributed by atoms with Crippen LogP contribution in [0.25, 0.3) is 22.2 Å². The summed E-state index contributed by atoms with van der Waals surface area (Å²) < 4.78 is 33.9. The van der Waals surface area contributed by atoms with Crippen LogP contribution in [0.4, 0.5) is 13.2 Å². The van der Waals surface area contributed by atoms with Gasteiger partial charge in [0.2, 0.25) is 0 Å². The molecule has 2 aliphatic heterocycles. The van der Waals surface area contributed by atoms with Crippen molar-refractivity contribution in [3.63, 3.8) is 0 Å². The summed E-state index contributed by atoms with van der Waals surface area (Å²) in [6, 6.07) is 12.7. The molecule has 0 bridgehead atoms. The van der Waals surface area contributed by atoms with E-state index in [1.165, 1.54) is 23.9 Å². The molecule has 1 aromatic carbocycles. The number of aromatic nitrogens is 3. The van der Waals surface area contributed by atoms with Gasteiger partial charge in [0.1, 0.15) is 0 Å². The van der Waals surface area contributed by atoms with Gasteiger partial charge in [-0.05, 0) is 37.6 Å². The first-order valence-electron chi connectivity index (χ1n) is 9.23. The fraction of sp³-hybridized carbons (Fsp3) is 0.350. The van der Waals surface area contributed by atoms with Crippen LogP contribution in [0.5, 0.6) is 0 Å². The fourth-order valence-corrected chi connectivity index (χ4v) is 3.99. The molecular weight excluding hydrogens is 385 g/mol. The van der Waals surface area contributed by atoms with Crippen molar-refractivity contribution in [2.75, 3.05) is 13.1 Å². The molecule has 6 nitrogen and oxygen atoms in total. The summed E-state index contributed by atoms with van der Waals surface area (Å²) in [5, 5.41) is 16.6. The number of halogens is 3. The van der Waals surface area contributed by atoms with E-state index < -0.39 is 12.1 Å². The first-order valence-corrected chi connectivity index (χ1v) is 9.23. The van der Waals surface area contributed by atoms with Gasteiger partial charge in [-0.15, -0.1) is 0 Å². The number of para-hydroxylation sites is 1. The molecule has 0 radical (unpaired) electrons. The summed E-state index contributed by atoms with van der Waals surface area (Å²) in [4.78, 5) is 13.5. The van der Waals surface area contributed by atoms with Crippen molar-refractivity contribution in [2.24, 2.45) is 0 Å². The van der Waals surface area contributed by atoms with Crippen molar-refractivity contribution in [3.05, 3.63) is 48.3 Å². The van der Waals surface area contributed by atoms with Gasteiger partial charge in [0.15, 0.2) is 0 Å². The molecule has 1 saturated heterocycles. The molecule has 0 saturated carbocycles. The number of aryl methyl sites for hydroxylation is 1. The third kappa shape index (κ3) is 3.69. The Bertz CT molecular complexity index is 1060. The molecule has 3 aromatic rings.